The van der Waals surface area contributed by atoms with Gasteiger partial charge < -0.3 is 14.9 Å². The lowest BCUT2D eigenvalue weighted by Gasteiger charge is -2.46. The highest BCUT2D eigenvalue weighted by molar-refractivity contribution is 6.31. The molecule has 0 spiro atoms. The van der Waals surface area contributed by atoms with Crippen molar-refractivity contribution in [3.05, 3.63) is 34.9 Å². The summed E-state index contributed by atoms with van der Waals surface area (Å²) in [7, 11) is 0. The molecule has 2 fully saturated rings. The van der Waals surface area contributed by atoms with E-state index < -0.39 is 0 Å². The average Bonchev–Trinajstić information content (AvgIpc) is 2.64. The quantitative estimate of drug-likeness (QED) is 0.893. The molecule has 3 rings (SSSR count). The summed E-state index contributed by atoms with van der Waals surface area (Å²) in [5.41, 5.74) is 1.09. The van der Waals surface area contributed by atoms with E-state index in [2.05, 4.69) is 11.0 Å². The number of likely N-dealkylation sites (tertiary alicyclic amines) is 2. The SMILES string of the molecule is CC(=O)N1CCC(N2CCC(CO)(Cc3ccccc3Cl)CC2)CC1. The van der Waals surface area contributed by atoms with Crippen LogP contribution in [0, 0.1) is 5.41 Å². The van der Waals surface area contributed by atoms with Crippen LogP contribution in [0.15, 0.2) is 24.3 Å². The van der Waals surface area contributed by atoms with Gasteiger partial charge in [-0.05, 0) is 62.2 Å². The second-order valence-corrected chi connectivity index (χ2v) is 8.11. The van der Waals surface area contributed by atoms with Gasteiger partial charge in [0.05, 0.1) is 0 Å². The molecule has 2 aliphatic heterocycles. The highest BCUT2D eigenvalue weighted by Gasteiger charge is 2.37. The fourth-order valence-corrected chi connectivity index (χ4v) is 4.55. The highest BCUT2D eigenvalue weighted by Crippen LogP contribution is 2.37. The maximum absolute atomic E-state index is 11.5. The second kappa shape index (κ2) is 8.07. The number of carbonyl (C=O) groups excluding carboxylic acids is 1. The third kappa shape index (κ3) is 4.36. The third-order valence-corrected chi connectivity index (χ3v) is 6.51. The topological polar surface area (TPSA) is 43.8 Å². The number of aliphatic hydroxyl groups is 1. The maximum Gasteiger partial charge on any atom is 0.219 e. The van der Waals surface area contributed by atoms with E-state index in [0.717, 1.165) is 68.9 Å². The van der Waals surface area contributed by atoms with Gasteiger partial charge in [0.25, 0.3) is 0 Å². The molecule has 2 aliphatic rings. The zero-order valence-corrected chi connectivity index (χ0v) is 15.8. The van der Waals surface area contributed by atoms with Gasteiger partial charge in [-0.1, -0.05) is 29.8 Å². The Labute approximate surface area is 155 Å². The Balaban J connectivity index is 1.56. The minimum Gasteiger partial charge on any atom is -0.396 e. The first-order chi connectivity index (χ1) is 12.0. The Morgan fingerprint density at radius 2 is 1.84 bits per heavy atom. The van der Waals surface area contributed by atoms with E-state index in [1.54, 1.807) is 6.92 Å². The van der Waals surface area contributed by atoms with Gasteiger partial charge in [0.1, 0.15) is 0 Å². The molecule has 2 saturated heterocycles. The lowest BCUT2D eigenvalue weighted by Crippen LogP contribution is -2.51. The van der Waals surface area contributed by atoms with Gasteiger partial charge in [-0.2, -0.15) is 0 Å². The van der Waals surface area contributed by atoms with Crippen LogP contribution in [-0.4, -0.2) is 59.6 Å². The molecular formula is C20H29ClN2O2. The number of nitrogens with zero attached hydrogens (tertiary/aromatic N) is 2. The molecule has 1 amide bonds. The third-order valence-electron chi connectivity index (χ3n) is 6.14. The molecule has 4 nitrogen and oxygen atoms in total. The molecule has 0 saturated carbocycles. The minimum atomic E-state index is -0.0540. The van der Waals surface area contributed by atoms with Crippen molar-refractivity contribution in [1.29, 1.82) is 0 Å². The smallest absolute Gasteiger partial charge is 0.219 e. The molecule has 1 N–H and O–H groups in total. The molecule has 0 bridgehead atoms. The molecular weight excluding hydrogens is 336 g/mol. The average molecular weight is 365 g/mol. The molecule has 2 heterocycles. The van der Waals surface area contributed by atoms with Crippen molar-refractivity contribution in [2.45, 2.75) is 45.1 Å². The monoisotopic (exact) mass is 364 g/mol. The minimum absolute atomic E-state index is 0.0540. The number of benzene rings is 1. The van der Waals surface area contributed by atoms with Crippen LogP contribution in [0.5, 0.6) is 0 Å². The lowest BCUT2D eigenvalue weighted by atomic mass is 9.74. The Morgan fingerprint density at radius 3 is 2.40 bits per heavy atom. The molecule has 1 aromatic rings. The zero-order valence-electron chi connectivity index (χ0n) is 15.1. The van der Waals surface area contributed by atoms with E-state index in [4.69, 9.17) is 11.6 Å². The first-order valence-corrected chi connectivity index (χ1v) is 9.75. The van der Waals surface area contributed by atoms with Crippen LogP contribution in [0.1, 0.15) is 38.2 Å². The molecule has 138 valence electrons. The number of carbonyl (C=O) groups is 1. The number of aliphatic hydroxyl groups excluding tert-OH is 1. The van der Waals surface area contributed by atoms with Crippen LogP contribution in [0.25, 0.3) is 0 Å². The Morgan fingerprint density at radius 1 is 1.20 bits per heavy atom. The van der Waals surface area contributed by atoms with E-state index in [0.29, 0.717) is 6.04 Å². The van der Waals surface area contributed by atoms with Crippen LogP contribution in [0.4, 0.5) is 0 Å². The number of rotatable bonds is 4. The molecule has 0 unspecified atom stereocenters. The predicted molar refractivity (Wildman–Crippen MR) is 101 cm³/mol. The number of piperidine rings is 2. The van der Waals surface area contributed by atoms with Crippen molar-refractivity contribution >= 4 is 17.5 Å². The van der Waals surface area contributed by atoms with Gasteiger partial charge in [-0.25, -0.2) is 0 Å². The predicted octanol–water partition coefficient (Wildman–Crippen LogP) is 2.97. The maximum atomic E-state index is 11.5. The number of hydrogen-bond donors (Lipinski definition) is 1. The summed E-state index contributed by atoms with van der Waals surface area (Å²) >= 11 is 6.33. The number of amides is 1. The summed E-state index contributed by atoms with van der Waals surface area (Å²) in [5.74, 6) is 0.191. The van der Waals surface area contributed by atoms with E-state index in [9.17, 15) is 9.90 Å². The van der Waals surface area contributed by atoms with E-state index >= 15 is 0 Å². The first-order valence-electron chi connectivity index (χ1n) is 9.37. The molecule has 0 radical (unpaired) electrons. The van der Waals surface area contributed by atoms with Crippen LogP contribution in [0.2, 0.25) is 5.02 Å². The molecule has 1 aromatic carbocycles. The Kier molecular flexibility index (Phi) is 6.03. The molecule has 5 heteroatoms. The summed E-state index contributed by atoms with van der Waals surface area (Å²) in [6.07, 6.45) is 4.98. The zero-order chi connectivity index (χ0) is 17.9. The number of hydrogen-bond acceptors (Lipinski definition) is 3. The fraction of sp³-hybridized carbons (Fsp3) is 0.650. The van der Waals surface area contributed by atoms with Crippen molar-refractivity contribution in [3.8, 4) is 0 Å². The summed E-state index contributed by atoms with van der Waals surface area (Å²) in [6, 6.07) is 8.55. The van der Waals surface area contributed by atoms with Crippen LogP contribution >= 0.6 is 11.6 Å². The van der Waals surface area contributed by atoms with Gasteiger partial charge >= 0.3 is 0 Å². The summed E-state index contributed by atoms with van der Waals surface area (Å²) in [4.78, 5) is 16.0. The summed E-state index contributed by atoms with van der Waals surface area (Å²) < 4.78 is 0. The molecule has 25 heavy (non-hydrogen) atoms. The van der Waals surface area contributed by atoms with E-state index in [1.807, 2.05) is 23.1 Å². The fourth-order valence-electron chi connectivity index (χ4n) is 4.35. The van der Waals surface area contributed by atoms with Gasteiger partial charge in [-0.3, -0.25) is 4.79 Å². The second-order valence-electron chi connectivity index (χ2n) is 7.70. The van der Waals surface area contributed by atoms with Crippen molar-refractivity contribution in [3.63, 3.8) is 0 Å². The van der Waals surface area contributed by atoms with Gasteiger partial charge in [0.2, 0.25) is 5.91 Å². The first kappa shape index (κ1) is 18.7. The van der Waals surface area contributed by atoms with Gasteiger partial charge in [0.15, 0.2) is 0 Å². The molecule has 0 atom stereocenters. The van der Waals surface area contributed by atoms with E-state index in [-0.39, 0.29) is 17.9 Å². The van der Waals surface area contributed by atoms with Crippen molar-refractivity contribution in [1.82, 2.24) is 9.80 Å². The molecule has 0 aromatic heterocycles. The Bertz CT molecular complexity index is 591. The van der Waals surface area contributed by atoms with Crippen molar-refractivity contribution in [2.24, 2.45) is 5.41 Å². The van der Waals surface area contributed by atoms with E-state index in [1.165, 1.54) is 0 Å². The standard InChI is InChI=1S/C20H29ClN2O2/c1-16(25)22-10-6-18(7-11-22)23-12-8-20(15-24,9-13-23)14-17-4-2-3-5-19(17)21/h2-5,18,24H,6-15H2,1H3. The largest absolute Gasteiger partial charge is 0.396 e. The van der Waals surface area contributed by atoms with Gasteiger partial charge in [-0.15, -0.1) is 0 Å². The van der Waals surface area contributed by atoms with Crippen LogP contribution in [-0.2, 0) is 11.2 Å². The molecule has 0 aliphatic carbocycles. The number of halogens is 1. The van der Waals surface area contributed by atoms with Crippen molar-refractivity contribution in [2.75, 3.05) is 32.8 Å². The lowest BCUT2D eigenvalue weighted by molar-refractivity contribution is -0.130. The summed E-state index contributed by atoms with van der Waals surface area (Å²) in [6.45, 7) is 5.68. The Hall–Kier alpha value is -1.10. The van der Waals surface area contributed by atoms with Crippen LogP contribution in [0.3, 0.4) is 0 Å². The summed E-state index contributed by atoms with van der Waals surface area (Å²) in [5, 5.41) is 10.9. The van der Waals surface area contributed by atoms with Gasteiger partial charge in [0, 0.05) is 37.7 Å². The highest BCUT2D eigenvalue weighted by atomic mass is 35.5. The van der Waals surface area contributed by atoms with Crippen LogP contribution < -0.4 is 0 Å². The van der Waals surface area contributed by atoms with Crippen molar-refractivity contribution < 1.29 is 9.90 Å². The normalized spacial score (nSPS) is 22.1.